The number of hydrogen-bond acceptors (Lipinski definition) is 6. The van der Waals surface area contributed by atoms with Crippen molar-refractivity contribution >= 4 is 28.1 Å². The van der Waals surface area contributed by atoms with Crippen LogP contribution in [0.15, 0.2) is 36.0 Å². The Bertz CT molecular complexity index is 931. The number of nitro benzene ring substituents is 1. The maximum Gasteiger partial charge on any atom is 0.270 e. The van der Waals surface area contributed by atoms with E-state index in [4.69, 9.17) is 0 Å². The van der Waals surface area contributed by atoms with E-state index in [1.165, 1.54) is 23.5 Å². The highest BCUT2D eigenvalue weighted by Gasteiger charge is 2.15. The Hall–Kier alpha value is -3.07. The molecular weight excluding hydrogens is 330 g/mol. The lowest BCUT2D eigenvalue weighted by Gasteiger charge is -2.03. The molecule has 24 heavy (non-hydrogen) atoms. The minimum atomic E-state index is -0.520. The van der Waals surface area contributed by atoms with E-state index in [1.54, 1.807) is 23.9 Å². The van der Waals surface area contributed by atoms with Crippen LogP contribution in [0.5, 0.6) is 0 Å². The molecule has 0 fully saturated rings. The van der Waals surface area contributed by atoms with Crippen molar-refractivity contribution in [1.29, 1.82) is 0 Å². The number of anilines is 1. The van der Waals surface area contributed by atoms with Crippen molar-refractivity contribution in [3.8, 4) is 11.3 Å². The van der Waals surface area contributed by atoms with Gasteiger partial charge in [-0.05, 0) is 18.6 Å². The van der Waals surface area contributed by atoms with Gasteiger partial charge in [-0.15, -0.1) is 11.3 Å². The normalized spacial score (nSPS) is 10.6. The molecule has 3 rings (SSSR count). The van der Waals surface area contributed by atoms with Gasteiger partial charge in [0.2, 0.25) is 0 Å². The van der Waals surface area contributed by atoms with Gasteiger partial charge in [0.15, 0.2) is 5.13 Å². The zero-order chi connectivity index (χ0) is 17.3. The Morgan fingerprint density at radius 3 is 2.83 bits per heavy atom. The molecule has 0 radical (unpaired) electrons. The Balaban J connectivity index is 1.80. The number of aromatic nitrogens is 3. The van der Waals surface area contributed by atoms with Crippen LogP contribution in [-0.4, -0.2) is 25.6 Å². The lowest BCUT2D eigenvalue weighted by molar-refractivity contribution is -0.384. The molecule has 0 unspecified atom stereocenters. The smallest absolute Gasteiger partial charge is 0.270 e. The number of amides is 1. The maximum absolute atomic E-state index is 12.3. The number of carbonyl (C=O) groups excluding carboxylic acids is 1. The molecule has 2 aromatic heterocycles. The first-order valence-corrected chi connectivity index (χ1v) is 7.82. The fourth-order valence-corrected chi connectivity index (χ4v) is 2.90. The van der Waals surface area contributed by atoms with Crippen LogP contribution in [-0.2, 0) is 7.05 Å². The van der Waals surface area contributed by atoms with E-state index in [2.05, 4.69) is 15.4 Å². The summed E-state index contributed by atoms with van der Waals surface area (Å²) in [4.78, 5) is 27.0. The van der Waals surface area contributed by atoms with Crippen LogP contribution in [0.4, 0.5) is 10.8 Å². The highest BCUT2D eigenvalue weighted by atomic mass is 32.1. The van der Waals surface area contributed by atoms with Crippen LogP contribution < -0.4 is 5.32 Å². The highest BCUT2D eigenvalue weighted by Crippen LogP contribution is 2.25. The summed E-state index contributed by atoms with van der Waals surface area (Å²) in [5, 5.41) is 19.9. The van der Waals surface area contributed by atoms with Crippen LogP contribution in [0.3, 0.4) is 0 Å². The second-order valence-electron chi connectivity index (χ2n) is 5.21. The van der Waals surface area contributed by atoms with E-state index in [0.717, 1.165) is 5.56 Å². The van der Waals surface area contributed by atoms with E-state index in [9.17, 15) is 14.9 Å². The summed E-state index contributed by atoms with van der Waals surface area (Å²) in [7, 11) is 1.81. The Morgan fingerprint density at radius 2 is 2.17 bits per heavy atom. The largest absolute Gasteiger partial charge is 0.298 e. The third-order valence-electron chi connectivity index (χ3n) is 3.26. The van der Waals surface area contributed by atoms with Gasteiger partial charge in [-0.1, -0.05) is 0 Å². The number of nitro groups is 1. The van der Waals surface area contributed by atoms with Gasteiger partial charge in [-0.2, -0.15) is 5.10 Å². The molecule has 0 aliphatic rings. The van der Waals surface area contributed by atoms with Crippen molar-refractivity contribution in [2.75, 3.05) is 5.32 Å². The van der Waals surface area contributed by atoms with E-state index in [-0.39, 0.29) is 11.3 Å². The fourth-order valence-electron chi connectivity index (χ4n) is 2.19. The SMILES string of the molecule is Cc1cc(C(=O)Nc2nc(-c3cnn(C)c3)cs2)cc([N+](=O)[O-])c1. The van der Waals surface area contributed by atoms with Crippen molar-refractivity contribution in [2.45, 2.75) is 6.92 Å². The molecule has 0 atom stereocenters. The van der Waals surface area contributed by atoms with Crippen LogP contribution in [0.25, 0.3) is 11.3 Å². The first-order chi connectivity index (χ1) is 11.4. The van der Waals surface area contributed by atoms with E-state index >= 15 is 0 Å². The predicted molar refractivity (Wildman–Crippen MR) is 90.1 cm³/mol. The van der Waals surface area contributed by atoms with E-state index < -0.39 is 10.8 Å². The topological polar surface area (TPSA) is 103 Å². The monoisotopic (exact) mass is 343 g/mol. The van der Waals surface area contributed by atoms with E-state index in [0.29, 0.717) is 16.4 Å². The quantitative estimate of drug-likeness (QED) is 0.579. The standard InChI is InChI=1S/C15H13N5O3S/c1-9-3-10(5-12(4-9)20(22)23)14(21)18-15-17-13(8-24-15)11-6-16-19(2)7-11/h3-8H,1-2H3,(H,17,18,21). The molecule has 1 N–H and O–H groups in total. The number of non-ortho nitro benzene ring substituents is 1. The molecule has 1 amide bonds. The van der Waals surface area contributed by atoms with Gasteiger partial charge in [-0.3, -0.25) is 24.9 Å². The molecule has 1 aromatic carbocycles. The summed E-state index contributed by atoms with van der Waals surface area (Å²) in [6.07, 6.45) is 3.51. The zero-order valence-corrected chi connectivity index (χ0v) is 13.7. The summed E-state index contributed by atoms with van der Waals surface area (Å²) < 4.78 is 1.67. The first kappa shape index (κ1) is 15.8. The number of benzene rings is 1. The molecule has 3 aromatic rings. The minimum absolute atomic E-state index is 0.115. The molecule has 8 nitrogen and oxygen atoms in total. The molecule has 0 spiro atoms. The molecule has 0 bridgehead atoms. The van der Waals surface area contributed by atoms with Gasteiger partial charge in [0, 0.05) is 41.9 Å². The fraction of sp³-hybridized carbons (Fsp3) is 0.133. The molecule has 9 heteroatoms. The van der Waals surface area contributed by atoms with Crippen molar-refractivity contribution in [3.05, 3.63) is 57.2 Å². The maximum atomic E-state index is 12.3. The number of carbonyl (C=O) groups is 1. The van der Waals surface area contributed by atoms with E-state index in [1.807, 2.05) is 18.6 Å². The average Bonchev–Trinajstić information content (AvgIpc) is 3.15. The summed E-state index contributed by atoms with van der Waals surface area (Å²) in [5.74, 6) is -0.436. The Labute approximate surface area is 140 Å². The summed E-state index contributed by atoms with van der Waals surface area (Å²) in [6.45, 7) is 1.70. The van der Waals surface area contributed by atoms with Crippen LogP contribution in [0, 0.1) is 17.0 Å². The second kappa shape index (κ2) is 6.20. The number of nitrogens with zero attached hydrogens (tertiary/aromatic N) is 4. The Kier molecular flexibility index (Phi) is 4.09. The zero-order valence-electron chi connectivity index (χ0n) is 12.9. The van der Waals surface area contributed by atoms with Gasteiger partial charge in [-0.25, -0.2) is 4.98 Å². The molecular formula is C15H13N5O3S. The van der Waals surface area contributed by atoms with Crippen molar-refractivity contribution in [2.24, 2.45) is 7.05 Å². The number of hydrogen-bond donors (Lipinski definition) is 1. The van der Waals surface area contributed by atoms with Crippen LogP contribution in [0.2, 0.25) is 0 Å². The van der Waals surface area contributed by atoms with Gasteiger partial charge >= 0.3 is 0 Å². The third-order valence-corrected chi connectivity index (χ3v) is 4.02. The lowest BCUT2D eigenvalue weighted by atomic mass is 10.1. The molecule has 0 saturated heterocycles. The third kappa shape index (κ3) is 3.30. The van der Waals surface area contributed by atoms with Crippen LogP contribution in [0.1, 0.15) is 15.9 Å². The first-order valence-electron chi connectivity index (χ1n) is 6.94. The molecule has 122 valence electrons. The van der Waals surface area contributed by atoms with Gasteiger partial charge in [0.05, 0.1) is 16.8 Å². The number of aryl methyl sites for hydroxylation is 2. The minimum Gasteiger partial charge on any atom is -0.298 e. The molecule has 0 aliphatic carbocycles. The van der Waals surface area contributed by atoms with Gasteiger partial charge in [0.25, 0.3) is 11.6 Å². The Morgan fingerprint density at radius 1 is 1.38 bits per heavy atom. The number of thiazole rings is 1. The van der Waals surface area contributed by atoms with Gasteiger partial charge in [0.1, 0.15) is 0 Å². The molecule has 0 saturated carbocycles. The summed E-state index contributed by atoms with van der Waals surface area (Å²) >= 11 is 1.28. The molecule has 2 heterocycles. The van der Waals surface area contributed by atoms with Crippen molar-refractivity contribution in [1.82, 2.24) is 14.8 Å². The average molecular weight is 343 g/mol. The van der Waals surface area contributed by atoms with Crippen molar-refractivity contribution < 1.29 is 9.72 Å². The lowest BCUT2D eigenvalue weighted by Crippen LogP contribution is -2.12. The van der Waals surface area contributed by atoms with Crippen LogP contribution >= 0.6 is 11.3 Å². The highest BCUT2D eigenvalue weighted by molar-refractivity contribution is 7.14. The summed E-state index contributed by atoms with van der Waals surface area (Å²) in [6, 6.07) is 4.26. The van der Waals surface area contributed by atoms with Crippen molar-refractivity contribution in [3.63, 3.8) is 0 Å². The number of rotatable bonds is 4. The number of nitrogens with one attached hydrogen (secondary N) is 1. The van der Waals surface area contributed by atoms with Gasteiger partial charge < -0.3 is 0 Å². The summed E-state index contributed by atoms with van der Waals surface area (Å²) in [5.41, 5.74) is 2.30. The predicted octanol–water partition coefficient (Wildman–Crippen LogP) is 3.01. The molecule has 0 aliphatic heterocycles. The second-order valence-corrected chi connectivity index (χ2v) is 6.07.